The van der Waals surface area contributed by atoms with Gasteiger partial charge in [-0.05, 0) is 121 Å². The molecule has 0 aromatic heterocycles. The number of carboxylic acid groups (broad SMARTS) is 8. The zero-order chi connectivity index (χ0) is 115. The first-order valence-electron chi connectivity index (χ1n) is 47.6. The van der Waals surface area contributed by atoms with Gasteiger partial charge < -0.3 is 164 Å². The topological polar surface area (TPSA) is 984 Å². The summed E-state index contributed by atoms with van der Waals surface area (Å²) in [6, 6.07) is -35.9. The zero-order valence-corrected chi connectivity index (χ0v) is 86.4. The first-order valence-corrected chi connectivity index (χ1v) is 48.9. The van der Waals surface area contributed by atoms with Crippen LogP contribution in [0.25, 0.3) is 0 Å². The Morgan fingerprint density at radius 3 is 0.780 bits per heavy atom. The molecule has 0 fully saturated rings. The van der Waals surface area contributed by atoms with Crippen LogP contribution in [-0.2, 0) is 139 Å². The number of hydrogen-bond acceptors (Lipinski definition) is 32. The standard InChI is InChI=1S/C89H144N22O38S/c1-16-40(10)69(88(147)109-58(35-112)86(145)99-47(19-23-61(115)116)75(134)93-41(11)70(129)97-48(20-24-62(117)118)77(136)101-50(89(148)149)18-22-60(92)114)111-85(144)57(34-67(127)128)104-73(132)44(14)96-87(146)68(39(8)9)110-84(143)53(29-38(6)7)106-82(141)55(32-65(123)124)103-72(131)42(12)94-76(135)49(25-26-150-15)100-80(139)51(27-36(2)3)102-71(130)43(13)95-79(138)54(31-64(121)122)108-81(140)52(28-37(4)5)105-83(142)56(33-66(125)126)107-78(137)46(17-21-59(91)113)98-74(133)45(90)30-63(119)120/h36-58,68-69,112H,16-35,90H2,1-15H3,(H2,91,113)(H2,92,114)(H,93,134)(H,94,135)(H,95,138)(H,96,146)(H,97,129)(H,98,133)(H,99,145)(H,100,139)(H,101,136)(H,102,130)(H,103,131)(H,104,132)(H,105,142)(H,106,141)(H,107,137)(H,108,140)(H,109,147)(H,110,143)(H,111,144)(H,115,116)(H,117,118)(H,119,120)(H,121,122)(H,123,124)(H,125,126)(H,127,128)(H,148,149)/t40-,41-,42-,43-,44-,45-,46-,47-,48-,49-,50-,51-,52-,53-,54-,55-,56-,57-,58-,68-,69-/m0/s1. The van der Waals surface area contributed by atoms with Gasteiger partial charge in [0.1, 0.15) is 115 Å². The van der Waals surface area contributed by atoms with Gasteiger partial charge in [0, 0.05) is 25.7 Å². The number of primary amides is 2. The number of hydrogen-bond donors (Lipinski definition) is 31. The second kappa shape index (κ2) is 67.7. The second-order valence-corrected chi connectivity index (χ2v) is 38.0. The normalized spacial score (nSPS) is 15.3. The number of aliphatic hydroxyl groups is 1. The largest absolute Gasteiger partial charge is 0.481 e. The van der Waals surface area contributed by atoms with Crippen molar-refractivity contribution in [1.29, 1.82) is 0 Å². The fourth-order valence-corrected chi connectivity index (χ4v) is 14.2. The summed E-state index contributed by atoms with van der Waals surface area (Å²) in [5, 5.41) is 130. The molecule has 0 radical (unpaired) electrons. The van der Waals surface area contributed by atoms with Gasteiger partial charge in [0.15, 0.2) is 0 Å². The lowest BCUT2D eigenvalue weighted by Crippen LogP contribution is -2.62. The Bertz CT molecular complexity index is 4810. The summed E-state index contributed by atoms with van der Waals surface area (Å²) in [4.78, 5) is 382. The van der Waals surface area contributed by atoms with Crippen LogP contribution < -0.4 is 118 Å². The van der Waals surface area contributed by atoms with E-state index in [1.165, 1.54) is 39.5 Å². The van der Waals surface area contributed by atoms with Crippen molar-refractivity contribution in [3.63, 3.8) is 0 Å². The lowest BCUT2D eigenvalue weighted by atomic mass is 9.97. The Morgan fingerprint density at radius 1 is 0.247 bits per heavy atom. The molecule has 0 aliphatic carbocycles. The van der Waals surface area contributed by atoms with Crippen LogP contribution in [0.15, 0.2) is 0 Å². The molecule has 21 atom stereocenters. The lowest BCUT2D eigenvalue weighted by Gasteiger charge is -2.29. The maximum Gasteiger partial charge on any atom is 0.326 e. The number of carbonyl (C=O) groups is 29. The van der Waals surface area contributed by atoms with E-state index in [2.05, 4.69) is 95.7 Å². The number of nitrogens with one attached hydrogen (secondary N) is 19. The first kappa shape index (κ1) is 135. The van der Waals surface area contributed by atoms with Crippen LogP contribution in [0.1, 0.15) is 213 Å². The maximum absolute atomic E-state index is 14.3. The van der Waals surface area contributed by atoms with E-state index in [4.69, 9.17) is 22.3 Å². The minimum atomic E-state index is -2.09. The summed E-state index contributed by atoms with van der Waals surface area (Å²) < 4.78 is 0. The van der Waals surface area contributed by atoms with Gasteiger partial charge in [-0.1, -0.05) is 75.7 Å². The molecule has 844 valence electrons. The molecule has 0 rings (SSSR count). The average molecular weight is 2160 g/mol. The van der Waals surface area contributed by atoms with E-state index < -0.39 is 412 Å². The third kappa shape index (κ3) is 53.0. The number of aliphatic carboxylic acids is 8. The van der Waals surface area contributed by atoms with E-state index in [0.717, 1.165) is 27.7 Å². The quantitative estimate of drug-likeness (QED) is 0.0269. The third-order valence-corrected chi connectivity index (χ3v) is 22.7. The van der Waals surface area contributed by atoms with Gasteiger partial charge >= 0.3 is 47.8 Å². The molecule has 0 aromatic rings. The number of aliphatic hydroxyl groups excluding tert-OH is 1. The van der Waals surface area contributed by atoms with E-state index in [-0.39, 0.29) is 37.9 Å². The number of carbonyl (C=O) groups excluding carboxylic acids is 21. The molecule has 0 aliphatic heterocycles. The van der Waals surface area contributed by atoms with Crippen molar-refractivity contribution in [3.8, 4) is 0 Å². The van der Waals surface area contributed by atoms with Crippen LogP contribution in [0.4, 0.5) is 0 Å². The molecule has 0 unspecified atom stereocenters. The molecule has 0 heterocycles. The van der Waals surface area contributed by atoms with Gasteiger partial charge in [-0.15, -0.1) is 0 Å². The molecular weight excluding hydrogens is 2020 g/mol. The molecule has 0 saturated heterocycles. The fourth-order valence-electron chi connectivity index (χ4n) is 13.7. The van der Waals surface area contributed by atoms with E-state index in [1.54, 1.807) is 47.8 Å². The van der Waals surface area contributed by atoms with E-state index in [9.17, 15) is 180 Å². The van der Waals surface area contributed by atoms with Gasteiger partial charge in [0.25, 0.3) is 0 Å². The van der Waals surface area contributed by atoms with Crippen LogP contribution in [0, 0.1) is 29.6 Å². The van der Waals surface area contributed by atoms with Crippen molar-refractivity contribution in [3.05, 3.63) is 0 Å². The monoisotopic (exact) mass is 2160 g/mol. The van der Waals surface area contributed by atoms with E-state index in [0.29, 0.717) is 0 Å². The highest BCUT2D eigenvalue weighted by Gasteiger charge is 2.43. The second-order valence-electron chi connectivity index (χ2n) is 37.0. The Labute approximate surface area is 864 Å². The fraction of sp³-hybridized carbons (Fsp3) is 0.674. The lowest BCUT2D eigenvalue weighted by molar-refractivity contribution is -0.143. The molecule has 0 spiro atoms. The Balaban J connectivity index is 6.82. The summed E-state index contributed by atoms with van der Waals surface area (Å²) >= 11 is 1.20. The average Bonchev–Trinajstić information content (AvgIpc) is 0.849. The van der Waals surface area contributed by atoms with E-state index in [1.807, 2.05) is 5.32 Å². The van der Waals surface area contributed by atoms with Crippen LogP contribution >= 0.6 is 11.8 Å². The van der Waals surface area contributed by atoms with Crippen molar-refractivity contribution in [2.75, 3.05) is 18.6 Å². The molecule has 0 bridgehead atoms. The number of nitrogens with two attached hydrogens (primary N) is 3. The Morgan fingerprint density at radius 2 is 0.473 bits per heavy atom. The minimum Gasteiger partial charge on any atom is -0.481 e. The highest BCUT2D eigenvalue weighted by atomic mass is 32.2. The van der Waals surface area contributed by atoms with Gasteiger partial charge in [-0.25, -0.2) is 4.79 Å². The van der Waals surface area contributed by atoms with Crippen molar-refractivity contribution < 1.29 is 185 Å². The van der Waals surface area contributed by atoms with Crippen LogP contribution in [0.3, 0.4) is 0 Å². The summed E-state index contributed by atoms with van der Waals surface area (Å²) in [5.74, 6) is -41.3. The van der Waals surface area contributed by atoms with Gasteiger partial charge in [0.2, 0.25) is 124 Å². The highest BCUT2D eigenvalue weighted by molar-refractivity contribution is 7.98. The summed E-state index contributed by atoms with van der Waals surface area (Å²) in [6.45, 7) is 18.3. The third-order valence-electron chi connectivity index (χ3n) is 22.1. The zero-order valence-electron chi connectivity index (χ0n) is 85.6. The highest BCUT2D eigenvalue weighted by Crippen LogP contribution is 2.18. The number of carboxylic acids is 8. The first-order chi connectivity index (χ1) is 69.6. The summed E-state index contributed by atoms with van der Waals surface area (Å²) in [7, 11) is 0. The molecule has 21 amide bonds. The summed E-state index contributed by atoms with van der Waals surface area (Å²) in [5.41, 5.74) is 15.9. The predicted molar refractivity (Wildman–Crippen MR) is 520 cm³/mol. The molecule has 0 aliphatic rings. The molecule has 0 aromatic carbocycles. The molecule has 0 saturated carbocycles. The minimum absolute atomic E-state index is 0.0365. The Kier molecular flexibility index (Phi) is 60.9. The van der Waals surface area contributed by atoms with Gasteiger partial charge in [-0.2, -0.15) is 11.8 Å². The molecule has 61 heteroatoms. The van der Waals surface area contributed by atoms with Crippen LogP contribution in [-0.4, -0.2) is 357 Å². The number of thioether (sulfide) groups is 1. The van der Waals surface area contributed by atoms with Crippen molar-refractivity contribution in [2.45, 2.75) is 333 Å². The summed E-state index contributed by atoms with van der Waals surface area (Å²) in [6.07, 6.45) is -10.1. The SMILES string of the molecule is CC[C@H](C)[C@H](NC(=O)[C@H](CC(=O)O)NC(=O)[C@H](C)NC(=O)[C@@H](NC(=O)[C@H](CC(C)C)NC(=O)[C@H](CC(=O)O)NC(=O)[C@H](C)NC(=O)[C@H](CCSC)NC(=O)[C@H](CC(C)C)NC(=O)[C@H](C)NC(=O)[C@H](CC(=O)O)NC(=O)[C@H](CC(C)C)NC(=O)[C@H](CC(=O)O)NC(=O)[C@H](CCC(N)=O)NC(=O)[C@@H](N)CC(=O)O)C(C)C)C(=O)N[C@@H](CO)C(=O)N[C@@H](CCC(=O)O)C(=O)N[C@@H](C)C(=O)N[C@@H](CCC(=O)O)C(=O)N[C@@H](CCC(N)=O)C(=O)O. The molecule has 150 heavy (non-hydrogen) atoms. The van der Waals surface area contributed by atoms with Gasteiger partial charge in [-0.3, -0.25) is 134 Å². The van der Waals surface area contributed by atoms with Crippen molar-refractivity contribution >= 4 is 184 Å². The van der Waals surface area contributed by atoms with Crippen LogP contribution in [0.2, 0.25) is 0 Å². The maximum atomic E-state index is 14.3. The molecule has 60 nitrogen and oxygen atoms in total. The van der Waals surface area contributed by atoms with E-state index >= 15 is 0 Å². The van der Waals surface area contributed by atoms with Crippen molar-refractivity contribution in [1.82, 2.24) is 101 Å². The van der Waals surface area contributed by atoms with Crippen LogP contribution in [0.5, 0.6) is 0 Å². The number of rotatable bonds is 74. The molecular formula is C89H144N22O38S. The predicted octanol–water partition coefficient (Wildman–Crippen LogP) is -10.1. The van der Waals surface area contributed by atoms with Crippen molar-refractivity contribution in [2.24, 2.45) is 46.8 Å². The smallest absolute Gasteiger partial charge is 0.326 e. The number of amides is 21. The molecule has 34 N–H and O–H groups in total. The Hall–Kier alpha value is -15.1. The van der Waals surface area contributed by atoms with Gasteiger partial charge in [0.05, 0.1) is 44.8 Å².